The van der Waals surface area contributed by atoms with Gasteiger partial charge in [0.15, 0.2) is 0 Å². The van der Waals surface area contributed by atoms with Crippen molar-refractivity contribution in [1.29, 1.82) is 0 Å². The molecule has 23 heavy (non-hydrogen) atoms. The Morgan fingerprint density at radius 3 is 0.870 bits per heavy atom. The zero-order valence-electron chi connectivity index (χ0n) is 13.2. The van der Waals surface area contributed by atoms with Gasteiger partial charge in [-0.2, -0.15) is 37.9 Å². The fraction of sp³-hybridized carbons (Fsp3) is 0.750. The van der Waals surface area contributed by atoms with E-state index in [1.54, 1.807) is 13.8 Å². The van der Waals surface area contributed by atoms with Crippen LogP contribution in [-0.2, 0) is 36.1 Å². The van der Waals surface area contributed by atoms with Crippen LogP contribution in [0.5, 0.6) is 0 Å². The average molecular weight is 426 g/mol. The molecule has 0 radical (unpaired) electrons. The van der Waals surface area contributed by atoms with Crippen LogP contribution in [0.1, 0.15) is 33.1 Å². The second-order valence-electron chi connectivity index (χ2n) is 3.70. The molecule has 0 aromatic heterocycles. The van der Waals surface area contributed by atoms with Crippen molar-refractivity contribution in [2.24, 2.45) is 0 Å². The summed E-state index contributed by atoms with van der Waals surface area (Å²) in [4.78, 5) is 28.7. The molecule has 0 saturated carbocycles. The fourth-order valence-electron chi connectivity index (χ4n) is 0.287. The zero-order valence-corrected chi connectivity index (χ0v) is 17.4. The molecule has 0 aliphatic heterocycles. The molecule has 0 rings (SSSR count). The Labute approximate surface area is 168 Å². The van der Waals surface area contributed by atoms with E-state index in [2.05, 4.69) is 37.9 Å². The minimum atomic E-state index is -0.787. The van der Waals surface area contributed by atoms with E-state index in [1.165, 1.54) is 0 Å². The van der Waals surface area contributed by atoms with Gasteiger partial charge in [-0.1, -0.05) is 0 Å². The van der Waals surface area contributed by atoms with Gasteiger partial charge in [0, 0.05) is 45.1 Å². The Bertz CT molecular complexity index is 239. The number of aliphatic hydroxyl groups is 1. The molecule has 0 spiro atoms. The average Bonchev–Trinajstić information content (AvgIpc) is 2.28. The number of carboxylic acids is 3. The smallest absolute Gasteiger partial charge is 0.304 e. The standard InChI is InChI=1S/3C3H6O2S.C3H8O.Ti/c3*4-3(5)1-2-6;1-3(2)4;/h3*6H,1-2H2,(H,4,5);3-4H,1-2H3;. The van der Waals surface area contributed by atoms with E-state index in [0.717, 1.165) is 0 Å². The molecule has 0 fully saturated rings. The zero-order chi connectivity index (χ0) is 18.6. The summed E-state index contributed by atoms with van der Waals surface area (Å²) in [6, 6.07) is 0. The summed E-state index contributed by atoms with van der Waals surface area (Å²) in [5.41, 5.74) is 0. The first-order chi connectivity index (χ1) is 10.0. The molecule has 138 valence electrons. The fourth-order valence-corrected chi connectivity index (χ4v) is 0.861. The van der Waals surface area contributed by atoms with Gasteiger partial charge < -0.3 is 20.4 Å². The molecular formula is C12H26O7S3Ti. The van der Waals surface area contributed by atoms with Gasteiger partial charge >= 0.3 is 17.9 Å². The summed E-state index contributed by atoms with van der Waals surface area (Å²) in [6.45, 7) is 3.44. The van der Waals surface area contributed by atoms with E-state index in [9.17, 15) is 14.4 Å². The molecule has 0 atom stereocenters. The predicted octanol–water partition coefficient (Wildman–Crippen LogP) is 1.56. The summed E-state index contributed by atoms with van der Waals surface area (Å²) in [5.74, 6) is -1.08. The van der Waals surface area contributed by atoms with Gasteiger partial charge in [-0.05, 0) is 13.8 Å². The number of aliphatic hydroxyl groups excluding tert-OH is 1. The molecule has 4 N–H and O–H groups in total. The minimum absolute atomic E-state index is 0. The minimum Gasteiger partial charge on any atom is -0.481 e. The second-order valence-corrected chi connectivity index (χ2v) is 5.04. The summed E-state index contributed by atoms with van der Waals surface area (Å²) < 4.78 is 0. The number of rotatable bonds is 6. The molecule has 0 aromatic rings. The monoisotopic (exact) mass is 426 g/mol. The number of thiol groups is 3. The molecule has 0 aromatic carbocycles. The molecular weight excluding hydrogens is 400 g/mol. The number of hydrogen-bond acceptors (Lipinski definition) is 7. The Kier molecular flexibility index (Phi) is 45.1. The summed E-state index contributed by atoms with van der Waals surface area (Å²) in [5, 5.41) is 31.6. The normalized spacial score (nSPS) is 7.96. The van der Waals surface area contributed by atoms with E-state index >= 15 is 0 Å². The Hall–Kier alpha value is 0.134. The molecule has 11 heteroatoms. The van der Waals surface area contributed by atoms with E-state index < -0.39 is 17.9 Å². The van der Waals surface area contributed by atoms with Crippen molar-refractivity contribution < 1.29 is 56.5 Å². The number of hydrogen-bond donors (Lipinski definition) is 7. The summed E-state index contributed by atoms with van der Waals surface area (Å²) in [6.07, 6.45) is 0.301. The van der Waals surface area contributed by atoms with Crippen LogP contribution in [0.4, 0.5) is 0 Å². The van der Waals surface area contributed by atoms with Crippen molar-refractivity contribution in [2.45, 2.75) is 39.2 Å². The first kappa shape index (κ1) is 34.5. The van der Waals surface area contributed by atoms with Crippen LogP contribution < -0.4 is 0 Å². The molecule has 0 saturated heterocycles. The van der Waals surface area contributed by atoms with Gasteiger partial charge in [-0.25, -0.2) is 0 Å². The van der Waals surface area contributed by atoms with Crippen LogP contribution in [-0.4, -0.2) is 61.7 Å². The van der Waals surface area contributed by atoms with Crippen molar-refractivity contribution in [2.75, 3.05) is 17.3 Å². The maximum Gasteiger partial charge on any atom is 0.304 e. The Morgan fingerprint density at radius 1 is 0.739 bits per heavy atom. The SMILES string of the molecule is CC(C)O.O=C(O)CCS.O=C(O)CCS.O=C(O)CCS.[Ti]. The van der Waals surface area contributed by atoms with Crippen LogP contribution in [0, 0.1) is 0 Å². The van der Waals surface area contributed by atoms with Gasteiger partial charge in [-0.15, -0.1) is 0 Å². The van der Waals surface area contributed by atoms with E-state index in [1.807, 2.05) is 0 Å². The molecule has 7 nitrogen and oxygen atoms in total. The van der Waals surface area contributed by atoms with Gasteiger partial charge in [0.25, 0.3) is 0 Å². The van der Waals surface area contributed by atoms with E-state index in [-0.39, 0.29) is 47.1 Å². The maximum atomic E-state index is 9.55. The third-order valence-electron chi connectivity index (χ3n) is 0.977. The van der Waals surface area contributed by atoms with E-state index in [4.69, 9.17) is 20.4 Å². The number of carbonyl (C=O) groups is 3. The maximum absolute atomic E-state index is 9.55. The molecule has 0 amide bonds. The first-order valence-electron chi connectivity index (χ1n) is 6.21. The van der Waals surface area contributed by atoms with Crippen LogP contribution in [0.15, 0.2) is 0 Å². The molecule has 0 bridgehead atoms. The Balaban J connectivity index is -0.0000000624. The third kappa shape index (κ3) is 108. The van der Waals surface area contributed by atoms with Crippen molar-refractivity contribution in [3.05, 3.63) is 0 Å². The van der Waals surface area contributed by atoms with Crippen LogP contribution in [0.3, 0.4) is 0 Å². The Morgan fingerprint density at radius 2 is 0.870 bits per heavy atom. The van der Waals surface area contributed by atoms with Crippen molar-refractivity contribution in [3.8, 4) is 0 Å². The topological polar surface area (TPSA) is 132 Å². The van der Waals surface area contributed by atoms with Gasteiger partial charge in [0.05, 0.1) is 19.3 Å². The molecule has 0 aliphatic carbocycles. The molecule has 0 heterocycles. The third-order valence-corrected chi connectivity index (χ3v) is 1.65. The van der Waals surface area contributed by atoms with Gasteiger partial charge in [-0.3, -0.25) is 14.4 Å². The number of aliphatic carboxylic acids is 3. The summed E-state index contributed by atoms with van der Waals surface area (Å²) >= 11 is 11.0. The quantitative estimate of drug-likeness (QED) is 0.253. The molecule has 0 aliphatic rings. The van der Waals surface area contributed by atoms with Gasteiger partial charge in [0.2, 0.25) is 0 Å². The van der Waals surface area contributed by atoms with Crippen molar-refractivity contribution >= 4 is 55.8 Å². The largest absolute Gasteiger partial charge is 0.481 e. The summed E-state index contributed by atoms with van der Waals surface area (Å²) in [7, 11) is 0. The van der Waals surface area contributed by atoms with Crippen LogP contribution in [0.2, 0.25) is 0 Å². The van der Waals surface area contributed by atoms with Crippen LogP contribution in [0.25, 0.3) is 0 Å². The van der Waals surface area contributed by atoms with Gasteiger partial charge in [0.1, 0.15) is 0 Å². The van der Waals surface area contributed by atoms with Crippen molar-refractivity contribution in [1.82, 2.24) is 0 Å². The predicted molar refractivity (Wildman–Crippen MR) is 95.7 cm³/mol. The second kappa shape index (κ2) is 30.1. The molecule has 0 unspecified atom stereocenters. The first-order valence-corrected chi connectivity index (χ1v) is 8.10. The van der Waals surface area contributed by atoms with E-state index in [0.29, 0.717) is 17.3 Å². The number of carboxylic acid groups (broad SMARTS) is 3. The van der Waals surface area contributed by atoms with Crippen molar-refractivity contribution in [3.63, 3.8) is 0 Å². The van der Waals surface area contributed by atoms with Crippen LogP contribution >= 0.6 is 37.9 Å².